The van der Waals surface area contributed by atoms with Gasteiger partial charge in [0.05, 0.1) is 11.0 Å². The minimum Gasteiger partial charge on any atom is -0.326 e. The van der Waals surface area contributed by atoms with Crippen LogP contribution in [0.3, 0.4) is 0 Å². The summed E-state index contributed by atoms with van der Waals surface area (Å²) in [7, 11) is 4.12. The predicted octanol–water partition coefficient (Wildman–Crippen LogP) is 3.61. The highest BCUT2D eigenvalue weighted by atomic mass is 35.5. The summed E-state index contributed by atoms with van der Waals surface area (Å²) in [6, 6.07) is 3.39. The molecule has 0 amide bonds. The topological polar surface area (TPSA) is 21.1 Å². The number of aromatic nitrogens is 2. The van der Waals surface area contributed by atoms with Crippen LogP contribution in [-0.4, -0.2) is 40.0 Å². The number of nitrogens with zero attached hydrogens (tertiary/aromatic N) is 3. The minimum atomic E-state index is -0.212. The summed E-state index contributed by atoms with van der Waals surface area (Å²) in [6.07, 6.45) is 0.681. The average molecular weight is 312 g/mol. The molecule has 0 unspecified atom stereocenters. The third-order valence-electron chi connectivity index (χ3n) is 4.18. The highest BCUT2D eigenvalue weighted by molar-refractivity contribution is 6.17. The Morgan fingerprint density at radius 1 is 1.33 bits per heavy atom. The van der Waals surface area contributed by atoms with Crippen molar-refractivity contribution in [1.82, 2.24) is 14.5 Å². The Bertz CT molecular complexity index is 646. The molecule has 1 aromatic heterocycles. The molecule has 0 aliphatic heterocycles. The molecular weight excluding hydrogens is 289 g/mol. The molecule has 0 radical (unpaired) electrons. The molecule has 0 saturated heterocycles. The van der Waals surface area contributed by atoms with Gasteiger partial charge in [0.2, 0.25) is 0 Å². The summed E-state index contributed by atoms with van der Waals surface area (Å²) in [5.41, 5.74) is 2.29. The van der Waals surface area contributed by atoms with Gasteiger partial charge < -0.3 is 9.47 Å². The molecule has 0 spiro atoms. The number of fused-ring (bicyclic) bond motifs is 1. The minimum absolute atomic E-state index is 0.0308. The number of hydrogen-bond donors (Lipinski definition) is 0. The standard InChI is InChI=1S/C16H23ClFN3/c1-11-8-14-13(9-12(11)18)19-15(6-7-17)21(14)10-16(2,3)20(4)5/h8-9H,6-7,10H2,1-5H3. The largest absolute Gasteiger partial charge is 0.326 e. The molecule has 0 fully saturated rings. The third kappa shape index (κ3) is 3.22. The van der Waals surface area contributed by atoms with Gasteiger partial charge >= 0.3 is 0 Å². The van der Waals surface area contributed by atoms with E-state index in [-0.39, 0.29) is 11.4 Å². The Balaban J connectivity index is 2.58. The Labute approximate surface area is 130 Å². The molecule has 2 rings (SSSR count). The monoisotopic (exact) mass is 311 g/mol. The van der Waals surface area contributed by atoms with Gasteiger partial charge in [-0.15, -0.1) is 11.6 Å². The lowest BCUT2D eigenvalue weighted by molar-refractivity contribution is 0.170. The molecule has 0 aliphatic rings. The van der Waals surface area contributed by atoms with E-state index < -0.39 is 0 Å². The Morgan fingerprint density at radius 2 is 2.00 bits per heavy atom. The normalized spacial score (nSPS) is 12.6. The van der Waals surface area contributed by atoms with Crippen molar-refractivity contribution < 1.29 is 4.39 Å². The van der Waals surface area contributed by atoms with Gasteiger partial charge in [-0.05, 0) is 46.5 Å². The van der Waals surface area contributed by atoms with E-state index in [0.717, 1.165) is 17.9 Å². The quantitative estimate of drug-likeness (QED) is 0.787. The Hall–Kier alpha value is -1.13. The van der Waals surface area contributed by atoms with Gasteiger partial charge in [0.1, 0.15) is 11.6 Å². The first-order valence-corrected chi connectivity index (χ1v) is 7.68. The summed E-state index contributed by atoms with van der Waals surface area (Å²) < 4.78 is 15.9. The van der Waals surface area contributed by atoms with Crippen molar-refractivity contribution in [2.75, 3.05) is 20.0 Å². The van der Waals surface area contributed by atoms with E-state index in [1.807, 2.05) is 6.07 Å². The van der Waals surface area contributed by atoms with Crippen molar-refractivity contribution in [3.8, 4) is 0 Å². The maximum Gasteiger partial charge on any atom is 0.128 e. The van der Waals surface area contributed by atoms with E-state index >= 15 is 0 Å². The van der Waals surface area contributed by atoms with Crippen molar-refractivity contribution >= 4 is 22.6 Å². The maximum absolute atomic E-state index is 13.8. The summed E-state index contributed by atoms with van der Waals surface area (Å²) in [4.78, 5) is 6.75. The number of aryl methyl sites for hydroxylation is 2. The van der Waals surface area contributed by atoms with Crippen molar-refractivity contribution in [2.24, 2.45) is 0 Å². The fourth-order valence-corrected chi connectivity index (χ4v) is 2.45. The molecule has 3 nitrogen and oxygen atoms in total. The van der Waals surface area contributed by atoms with Crippen LogP contribution in [0.25, 0.3) is 11.0 Å². The molecule has 1 aromatic carbocycles. The number of rotatable bonds is 5. The van der Waals surface area contributed by atoms with Crippen LogP contribution < -0.4 is 0 Å². The molecule has 0 atom stereocenters. The van der Waals surface area contributed by atoms with Crippen LogP contribution in [0.1, 0.15) is 25.2 Å². The third-order valence-corrected chi connectivity index (χ3v) is 4.37. The van der Waals surface area contributed by atoms with Crippen LogP contribution in [0.5, 0.6) is 0 Å². The van der Waals surface area contributed by atoms with Gasteiger partial charge in [-0.3, -0.25) is 0 Å². The molecule has 0 saturated carbocycles. The highest BCUT2D eigenvalue weighted by Gasteiger charge is 2.24. The molecule has 0 N–H and O–H groups in total. The van der Waals surface area contributed by atoms with E-state index in [1.165, 1.54) is 6.07 Å². The van der Waals surface area contributed by atoms with E-state index in [4.69, 9.17) is 11.6 Å². The van der Waals surface area contributed by atoms with E-state index in [1.54, 1.807) is 6.92 Å². The van der Waals surface area contributed by atoms with Crippen LogP contribution in [0.4, 0.5) is 4.39 Å². The van der Waals surface area contributed by atoms with Crippen LogP contribution >= 0.6 is 11.6 Å². The molecule has 2 aromatic rings. The second kappa shape index (κ2) is 5.93. The number of benzene rings is 1. The van der Waals surface area contributed by atoms with Gasteiger partial charge in [0.25, 0.3) is 0 Å². The SMILES string of the molecule is Cc1cc2c(cc1F)nc(CCCl)n2CC(C)(C)N(C)C. The van der Waals surface area contributed by atoms with Crippen LogP contribution in [0.15, 0.2) is 12.1 Å². The summed E-state index contributed by atoms with van der Waals surface area (Å²) >= 11 is 5.89. The second-order valence-electron chi connectivity index (χ2n) is 6.35. The second-order valence-corrected chi connectivity index (χ2v) is 6.73. The Morgan fingerprint density at radius 3 is 2.57 bits per heavy atom. The van der Waals surface area contributed by atoms with Crippen LogP contribution in [0.2, 0.25) is 0 Å². The average Bonchev–Trinajstić information content (AvgIpc) is 2.68. The fraction of sp³-hybridized carbons (Fsp3) is 0.562. The lowest BCUT2D eigenvalue weighted by Gasteiger charge is -2.33. The Kier molecular flexibility index (Phi) is 4.59. The molecule has 0 bridgehead atoms. The number of likely N-dealkylation sites (N-methyl/N-ethyl adjacent to an activating group) is 1. The summed E-state index contributed by atoms with van der Waals surface area (Å²) in [5, 5.41) is 0. The number of alkyl halides is 1. The summed E-state index contributed by atoms with van der Waals surface area (Å²) in [6.45, 7) is 6.93. The van der Waals surface area contributed by atoms with Crippen molar-refractivity contribution in [2.45, 2.75) is 39.3 Å². The van der Waals surface area contributed by atoms with E-state index in [0.29, 0.717) is 23.4 Å². The van der Waals surface area contributed by atoms with Crippen LogP contribution in [0, 0.1) is 12.7 Å². The van der Waals surface area contributed by atoms with Gasteiger partial charge in [-0.1, -0.05) is 0 Å². The smallest absolute Gasteiger partial charge is 0.128 e. The lowest BCUT2D eigenvalue weighted by atomic mass is 10.0. The zero-order chi connectivity index (χ0) is 15.8. The van der Waals surface area contributed by atoms with E-state index in [2.05, 4.69) is 42.4 Å². The highest BCUT2D eigenvalue weighted by Crippen LogP contribution is 2.24. The molecule has 21 heavy (non-hydrogen) atoms. The molecule has 0 aliphatic carbocycles. The number of halogens is 2. The van der Waals surface area contributed by atoms with Crippen molar-refractivity contribution in [3.05, 3.63) is 29.3 Å². The first-order chi connectivity index (χ1) is 9.76. The maximum atomic E-state index is 13.8. The zero-order valence-corrected chi connectivity index (χ0v) is 14.1. The van der Waals surface area contributed by atoms with Crippen molar-refractivity contribution in [3.63, 3.8) is 0 Å². The lowest BCUT2D eigenvalue weighted by Crippen LogP contribution is -2.42. The number of imidazole rings is 1. The molecule has 116 valence electrons. The fourth-order valence-electron chi connectivity index (χ4n) is 2.28. The van der Waals surface area contributed by atoms with E-state index in [9.17, 15) is 4.39 Å². The first kappa shape index (κ1) is 16.2. The van der Waals surface area contributed by atoms with Gasteiger partial charge in [0, 0.05) is 30.5 Å². The van der Waals surface area contributed by atoms with Gasteiger partial charge in [0.15, 0.2) is 0 Å². The molecular formula is C16H23ClFN3. The summed E-state index contributed by atoms with van der Waals surface area (Å²) in [5.74, 6) is 1.21. The molecule has 5 heteroatoms. The zero-order valence-electron chi connectivity index (χ0n) is 13.4. The van der Waals surface area contributed by atoms with Gasteiger partial charge in [-0.25, -0.2) is 9.37 Å². The predicted molar refractivity (Wildman–Crippen MR) is 86.6 cm³/mol. The molecule has 1 heterocycles. The van der Waals surface area contributed by atoms with Gasteiger partial charge in [-0.2, -0.15) is 0 Å². The van der Waals surface area contributed by atoms with Crippen LogP contribution in [-0.2, 0) is 13.0 Å². The van der Waals surface area contributed by atoms with Crippen molar-refractivity contribution in [1.29, 1.82) is 0 Å². The number of hydrogen-bond acceptors (Lipinski definition) is 2. The first-order valence-electron chi connectivity index (χ1n) is 7.15.